The molecule has 1 unspecified atom stereocenters. The van der Waals surface area contributed by atoms with Gasteiger partial charge in [0, 0.05) is 32.0 Å². The number of hydrogen-bond donors (Lipinski definition) is 1. The second-order valence-electron chi connectivity index (χ2n) is 4.44. The minimum atomic E-state index is 0.187. The zero-order valence-electron chi connectivity index (χ0n) is 8.92. The van der Waals surface area contributed by atoms with Gasteiger partial charge in [-0.2, -0.15) is 0 Å². The van der Waals surface area contributed by atoms with Gasteiger partial charge in [0.1, 0.15) is 5.82 Å². The van der Waals surface area contributed by atoms with E-state index in [0.29, 0.717) is 12.6 Å². The molecule has 1 aromatic heterocycles. The molecular formula is C11H15N3O. The number of aryl methyl sites for hydroxylation is 1. The van der Waals surface area contributed by atoms with Crippen LogP contribution in [-0.2, 0) is 19.4 Å². The summed E-state index contributed by atoms with van der Waals surface area (Å²) in [6.45, 7) is 3.73. The highest BCUT2D eigenvalue weighted by Gasteiger charge is 2.25. The Balaban J connectivity index is 2.25. The van der Waals surface area contributed by atoms with Gasteiger partial charge in [0.25, 0.3) is 5.56 Å². The van der Waals surface area contributed by atoms with Crippen LogP contribution in [0.3, 0.4) is 0 Å². The van der Waals surface area contributed by atoms with Gasteiger partial charge < -0.3 is 5.32 Å². The van der Waals surface area contributed by atoms with E-state index in [1.54, 1.807) is 0 Å². The Hall–Kier alpha value is -1.16. The van der Waals surface area contributed by atoms with Crippen LogP contribution in [0.5, 0.6) is 0 Å². The fourth-order valence-corrected chi connectivity index (χ4v) is 2.57. The van der Waals surface area contributed by atoms with Crippen molar-refractivity contribution in [1.29, 1.82) is 0 Å². The Morgan fingerprint density at radius 1 is 1.47 bits per heavy atom. The second-order valence-corrected chi connectivity index (χ2v) is 4.44. The Kier molecular flexibility index (Phi) is 1.92. The maximum Gasteiger partial charge on any atom is 0.258 e. The van der Waals surface area contributed by atoms with Crippen molar-refractivity contribution in [3.63, 3.8) is 0 Å². The van der Waals surface area contributed by atoms with Crippen LogP contribution >= 0.6 is 0 Å². The number of hydrogen-bond acceptors (Lipinski definition) is 3. The molecule has 0 bridgehead atoms. The SMILES string of the molecule is CC1CCc2nc3c(c(=O)n21)CNCC3. The molecule has 1 atom stereocenters. The van der Waals surface area contributed by atoms with E-state index in [1.807, 2.05) is 4.57 Å². The van der Waals surface area contributed by atoms with E-state index in [2.05, 4.69) is 17.2 Å². The summed E-state index contributed by atoms with van der Waals surface area (Å²) >= 11 is 0. The lowest BCUT2D eigenvalue weighted by atomic mass is 10.1. The molecule has 0 spiro atoms. The van der Waals surface area contributed by atoms with Crippen molar-refractivity contribution in [2.45, 2.75) is 38.8 Å². The van der Waals surface area contributed by atoms with Crippen LogP contribution in [0, 0.1) is 0 Å². The molecule has 0 saturated heterocycles. The molecule has 2 aliphatic heterocycles. The van der Waals surface area contributed by atoms with Crippen LogP contribution in [0.15, 0.2) is 4.79 Å². The van der Waals surface area contributed by atoms with Crippen LogP contribution in [-0.4, -0.2) is 16.1 Å². The van der Waals surface area contributed by atoms with E-state index in [0.717, 1.165) is 42.9 Å². The Morgan fingerprint density at radius 2 is 2.33 bits per heavy atom. The van der Waals surface area contributed by atoms with E-state index in [1.165, 1.54) is 0 Å². The van der Waals surface area contributed by atoms with Crippen molar-refractivity contribution in [1.82, 2.24) is 14.9 Å². The molecule has 4 heteroatoms. The standard InChI is InChI=1S/C11H15N3O/c1-7-2-3-10-13-9-4-5-12-6-8(9)11(15)14(7)10/h7,12H,2-6H2,1H3. The molecule has 4 nitrogen and oxygen atoms in total. The lowest BCUT2D eigenvalue weighted by molar-refractivity contribution is 0.536. The fraction of sp³-hybridized carbons (Fsp3) is 0.636. The van der Waals surface area contributed by atoms with E-state index >= 15 is 0 Å². The first-order valence-corrected chi connectivity index (χ1v) is 5.61. The summed E-state index contributed by atoms with van der Waals surface area (Å²) in [5.41, 5.74) is 2.10. The van der Waals surface area contributed by atoms with E-state index in [-0.39, 0.29) is 5.56 Å². The summed E-state index contributed by atoms with van der Waals surface area (Å²) < 4.78 is 1.88. The van der Waals surface area contributed by atoms with Crippen molar-refractivity contribution < 1.29 is 0 Å². The van der Waals surface area contributed by atoms with Gasteiger partial charge in [-0.3, -0.25) is 9.36 Å². The van der Waals surface area contributed by atoms with Gasteiger partial charge in [-0.05, 0) is 13.3 Å². The normalized spacial score (nSPS) is 23.7. The molecule has 0 fully saturated rings. The van der Waals surface area contributed by atoms with Gasteiger partial charge >= 0.3 is 0 Å². The number of nitrogens with zero attached hydrogens (tertiary/aromatic N) is 2. The molecule has 3 rings (SSSR count). The van der Waals surface area contributed by atoms with Crippen LogP contribution in [0.1, 0.15) is 36.5 Å². The first-order chi connectivity index (χ1) is 7.27. The summed E-state index contributed by atoms with van der Waals surface area (Å²) in [5, 5.41) is 3.23. The summed E-state index contributed by atoms with van der Waals surface area (Å²) in [6, 6.07) is 0.326. The van der Waals surface area contributed by atoms with Crippen molar-refractivity contribution in [3.8, 4) is 0 Å². The van der Waals surface area contributed by atoms with Crippen molar-refractivity contribution >= 4 is 0 Å². The molecule has 0 aromatic carbocycles. The molecule has 1 N–H and O–H groups in total. The highest BCUT2D eigenvalue weighted by Crippen LogP contribution is 2.22. The highest BCUT2D eigenvalue weighted by atomic mass is 16.1. The Labute approximate surface area is 88.3 Å². The van der Waals surface area contributed by atoms with Crippen molar-refractivity contribution in [3.05, 3.63) is 27.4 Å². The molecular weight excluding hydrogens is 190 g/mol. The third-order valence-corrected chi connectivity index (χ3v) is 3.43. The fourth-order valence-electron chi connectivity index (χ4n) is 2.57. The van der Waals surface area contributed by atoms with E-state index in [9.17, 15) is 4.79 Å². The number of nitrogens with one attached hydrogen (secondary N) is 1. The van der Waals surface area contributed by atoms with Crippen molar-refractivity contribution in [2.24, 2.45) is 0 Å². The average Bonchev–Trinajstić information content (AvgIpc) is 2.61. The van der Waals surface area contributed by atoms with Crippen LogP contribution < -0.4 is 10.9 Å². The number of fused-ring (bicyclic) bond motifs is 2. The van der Waals surface area contributed by atoms with E-state index in [4.69, 9.17) is 0 Å². The molecule has 0 radical (unpaired) electrons. The maximum atomic E-state index is 12.2. The summed E-state index contributed by atoms with van der Waals surface area (Å²) in [4.78, 5) is 16.8. The number of aromatic nitrogens is 2. The van der Waals surface area contributed by atoms with Gasteiger partial charge in [0.05, 0.1) is 11.3 Å². The molecule has 1 aromatic rings. The van der Waals surface area contributed by atoms with Crippen molar-refractivity contribution in [2.75, 3.05) is 6.54 Å². The first kappa shape index (κ1) is 9.09. The topological polar surface area (TPSA) is 46.9 Å². The average molecular weight is 205 g/mol. The third-order valence-electron chi connectivity index (χ3n) is 3.43. The molecule has 0 saturated carbocycles. The lowest BCUT2D eigenvalue weighted by Crippen LogP contribution is -2.35. The van der Waals surface area contributed by atoms with Crippen LogP contribution in [0.4, 0.5) is 0 Å². The summed E-state index contributed by atoms with van der Waals surface area (Å²) in [7, 11) is 0. The largest absolute Gasteiger partial charge is 0.312 e. The zero-order valence-corrected chi connectivity index (χ0v) is 8.92. The van der Waals surface area contributed by atoms with Crippen LogP contribution in [0.2, 0.25) is 0 Å². The molecule has 3 heterocycles. The quantitative estimate of drug-likeness (QED) is 0.666. The number of rotatable bonds is 0. The maximum absolute atomic E-state index is 12.2. The molecule has 2 aliphatic rings. The second kappa shape index (κ2) is 3.17. The molecule has 0 amide bonds. The van der Waals surface area contributed by atoms with Gasteiger partial charge in [-0.25, -0.2) is 4.98 Å². The first-order valence-electron chi connectivity index (χ1n) is 5.61. The predicted octanol–water partition coefficient (Wildman–Crippen LogP) is 0.396. The molecule has 80 valence electrons. The summed E-state index contributed by atoms with van der Waals surface area (Å²) in [6.07, 6.45) is 2.91. The summed E-state index contributed by atoms with van der Waals surface area (Å²) in [5.74, 6) is 0.994. The van der Waals surface area contributed by atoms with Gasteiger partial charge in [0.2, 0.25) is 0 Å². The predicted molar refractivity (Wildman–Crippen MR) is 56.9 cm³/mol. The molecule has 0 aliphatic carbocycles. The monoisotopic (exact) mass is 205 g/mol. The Morgan fingerprint density at radius 3 is 3.20 bits per heavy atom. The van der Waals surface area contributed by atoms with Crippen LogP contribution in [0.25, 0.3) is 0 Å². The van der Waals surface area contributed by atoms with E-state index < -0.39 is 0 Å². The van der Waals surface area contributed by atoms with Gasteiger partial charge in [-0.1, -0.05) is 0 Å². The van der Waals surface area contributed by atoms with Gasteiger partial charge in [-0.15, -0.1) is 0 Å². The van der Waals surface area contributed by atoms with Gasteiger partial charge in [0.15, 0.2) is 0 Å². The third kappa shape index (κ3) is 1.24. The zero-order chi connectivity index (χ0) is 10.4. The smallest absolute Gasteiger partial charge is 0.258 e. The highest BCUT2D eigenvalue weighted by molar-refractivity contribution is 5.23. The molecule has 15 heavy (non-hydrogen) atoms. The lowest BCUT2D eigenvalue weighted by Gasteiger charge is -2.18. The Bertz CT molecular complexity index is 463. The minimum absolute atomic E-state index is 0.187. The minimum Gasteiger partial charge on any atom is -0.312 e.